The molecule has 2 heterocycles. The maximum absolute atomic E-state index is 12.1. The summed E-state index contributed by atoms with van der Waals surface area (Å²) in [4.78, 5) is 20.8. The highest BCUT2D eigenvalue weighted by Crippen LogP contribution is 2.34. The Balaban J connectivity index is 1.32. The fourth-order valence-corrected chi connectivity index (χ4v) is 3.72. The number of amides is 2. The normalized spacial score (nSPS) is 24.1. The van der Waals surface area contributed by atoms with Crippen molar-refractivity contribution in [1.82, 2.24) is 15.3 Å². The van der Waals surface area contributed by atoms with Crippen molar-refractivity contribution in [3.8, 4) is 0 Å². The van der Waals surface area contributed by atoms with Crippen LogP contribution < -0.4 is 10.6 Å². The van der Waals surface area contributed by atoms with E-state index in [9.17, 15) is 4.79 Å². The first-order chi connectivity index (χ1) is 12.2. The van der Waals surface area contributed by atoms with Crippen LogP contribution in [0.15, 0.2) is 18.3 Å². The highest BCUT2D eigenvalue weighted by molar-refractivity contribution is 5.87. The van der Waals surface area contributed by atoms with Crippen LogP contribution in [0.4, 0.5) is 10.7 Å². The van der Waals surface area contributed by atoms with Crippen LogP contribution in [-0.4, -0.2) is 41.5 Å². The quantitative estimate of drug-likeness (QED) is 0.821. The number of hydrogen-bond donors (Lipinski definition) is 2. The summed E-state index contributed by atoms with van der Waals surface area (Å²) < 4.78 is 11.5. The van der Waals surface area contributed by atoms with Crippen molar-refractivity contribution < 1.29 is 14.3 Å². The predicted octanol–water partition coefficient (Wildman–Crippen LogP) is 2.19. The van der Waals surface area contributed by atoms with Gasteiger partial charge in [0.2, 0.25) is 5.95 Å². The van der Waals surface area contributed by atoms with Gasteiger partial charge in [-0.2, -0.15) is 0 Å². The molecule has 2 N–H and O–H groups in total. The third kappa shape index (κ3) is 3.82. The molecule has 7 nitrogen and oxygen atoms in total. The SMILES string of the molecule is O=C(NCC1CC=CCC1)Nc1ncc2c(n1)CCC1(C2)OCCO1. The van der Waals surface area contributed by atoms with Crippen LogP contribution in [0.1, 0.15) is 36.9 Å². The molecule has 25 heavy (non-hydrogen) atoms. The molecule has 1 atom stereocenters. The summed E-state index contributed by atoms with van der Waals surface area (Å²) in [5.74, 6) is 0.378. The minimum Gasteiger partial charge on any atom is -0.347 e. The first-order valence-corrected chi connectivity index (χ1v) is 9.05. The van der Waals surface area contributed by atoms with Gasteiger partial charge in [-0.25, -0.2) is 14.8 Å². The number of carbonyl (C=O) groups is 1. The van der Waals surface area contributed by atoms with E-state index in [2.05, 4.69) is 32.8 Å². The number of aryl methyl sites for hydroxylation is 1. The van der Waals surface area contributed by atoms with Crippen molar-refractivity contribution in [2.24, 2.45) is 5.92 Å². The number of carbonyl (C=O) groups excluding carboxylic acids is 1. The third-order valence-corrected chi connectivity index (χ3v) is 5.12. The van der Waals surface area contributed by atoms with Crippen LogP contribution in [0.3, 0.4) is 0 Å². The van der Waals surface area contributed by atoms with Gasteiger partial charge >= 0.3 is 6.03 Å². The molecule has 1 aromatic heterocycles. The van der Waals surface area contributed by atoms with Crippen molar-refractivity contribution >= 4 is 12.0 Å². The molecule has 2 amide bonds. The van der Waals surface area contributed by atoms with Crippen molar-refractivity contribution in [2.45, 2.75) is 44.3 Å². The van der Waals surface area contributed by atoms with Crippen LogP contribution in [0.25, 0.3) is 0 Å². The molecule has 1 aromatic rings. The van der Waals surface area contributed by atoms with E-state index in [-0.39, 0.29) is 6.03 Å². The van der Waals surface area contributed by atoms with Crippen molar-refractivity contribution in [3.05, 3.63) is 29.6 Å². The number of rotatable bonds is 3. The third-order valence-electron chi connectivity index (χ3n) is 5.12. The first kappa shape index (κ1) is 16.5. The largest absolute Gasteiger partial charge is 0.347 e. The molecule has 134 valence electrons. The van der Waals surface area contributed by atoms with E-state index in [0.717, 1.165) is 43.4 Å². The lowest BCUT2D eigenvalue weighted by atomic mass is 9.92. The highest BCUT2D eigenvalue weighted by atomic mass is 16.7. The van der Waals surface area contributed by atoms with Gasteiger partial charge < -0.3 is 14.8 Å². The molecule has 1 spiro atoms. The van der Waals surface area contributed by atoms with Crippen LogP contribution in [0.5, 0.6) is 0 Å². The fraction of sp³-hybridized carbons (Fsp3) is 0.611. The van der Waals surface area contributed by atoms with Gasteiger partial charge in [-0.15, -0.1) is 0 Å². The topological polar surface area (TPSA) is 85.4 Å². The zero-order valence-corrected chi connectivity index (χ0v) is 14.3. The number of fused-ring (bicyclic) bond motifs is 1. The Morgan fingerprint density at radius 2 is 2.20 bits per heavy atom. The number of nitrogens with zero attached hydrogens (tertiary/aromatic N) is 2. The van der Waals surface area contributed by atoms with E-state index in [4.69, 9.17) is 9.47 Å². The summed E-state index contributed by atoms with van der Waals surface area (Å²) in [7, 11) is 0. The number of anilines is 1. The monoisotopic (exact) mass is 344 g/mol. The second kappa shape index (κ2) is 7.09. The minimum absolute atomic E-state index is 0.246. The van der Waals surface area contributed by atoms with Crippen molar-refractivity contribution in [3.63, 3.8) is 0 Å². The zero-order valence-electron chi connectivity index (χ0n) is 14.3. The molecule has 4 rings (SSSR count). The van der Waals surface area contributed by atoms with Crippen LogP contribution in [-0.2, 0) is 22.3 Å². The van der Waals surface area contributed by atoms with E-state index >= 15 is 0 Å². The van der Waals surface area contributed by atoms with Crippen LogP contribution in [0.2, 0.25) is 0 Å². The average molecular weight is 344 g/mol. The lowest BCUT2D eigenvalue weighted by Gasteiger charge is -2.32. The van der Waals surface area contributed by atoms with Gasteiger partial charge in [-0.05, 0) is 37.2 Å². The smallest absolute Gasteiger partial charge is 0.321 e. The van der Waals surface area contributed by atoms with E-state index in [1.807, 2.05) is 0 Å². The van der Waals surface area contributed by atoms with E-state index in [1.54, 1.807) is 6.20 Å². The number of hydrogen-bond acceptors (Lipinski definition) is 5. The lowest BCUT2D eigenvalue weighted by molar-refractivity contribution is -0.164. The van der Waals surface area contributed by atoms with Crippen LogP contribution in [0, 0.1) is 5.92 Å². The van der Waals surface area contributed by atoms with Gasteiger partial charge in [0.15, 0.2) is 5.79 Å². The highest BCUT2D eigenvalue weighted by Gasteiger charge is 2.40. The predicted molar refractivity (Wildman–Crippen MR) is 92.2 cm³/mol. The molecule has 0 aromatic carbocycles. The molecular formula is C18H24N4O3. The molecule has 1 saturated heterocycles. The van der Waals surface area contributed by atoms with E-state index < -0.39 is 5.79 Å². The van der Waals surface area contributed by atoms with Gasteiger partial charge in [0, 0.05) is 31.3 Å². The Morgan fingerprint density at radius 3 is 3.00 bits per heavy atom. The summed E-state index contributed by atoms with van der Waals surface area (Å²) in [5.41, 5.74) is 2.00. The number of aromatic nitrogens is 2. The van der Waals surface area contributed by atoms with Gasteiger partial charge in [0.1, 0.15) is 0 Å². The van der Waals surface area contributed by atoms with E-state index in [0.29, 0.717) is 38.0 Å². The summed E-state index contributed by atoms with van der Waals surface area (Å²) in [6, 6.07) is -0.246. The van der Waals surface area contributed by atoms with Crippen molar-refractivity contribution in [2.75, 3.05) is 25.1 Å². The summed E-state index contributed by atoms with van der Waals surface area (Å²) in [5, 5.41) is 5.66. The molecule has 3 aliphatic rings. The number of allylic oxidation sites excluding steroid dienone is 2. The van der Waals surface area contributed by atoms with Crippen LogP contribution >= 0.6 is 0 Å². The maximum atomic E-state index is 12.1. The van der Waals surface area contributed by atoms with Gasteiger partial charge in [-0.1, -0.05) is 12.2 Å². The average Bonchev–Trinajstić information content (AvgIpc) is 3.09. The van der Waals surface area contributed by atoms with Crippen molar-refractivity contribution in [1.29, 1.82) is 0 Å². The number of nitrogens with one attached hydrogen (secondary N) is 2. The van der Waals surface area contributed by atoms with Gasteiger partial charge in [-0.3, -0.25) is 5.32 Å². The fourth-order valence-electron chi connectivity index (χ4n) is 3.72. The number of urea groups is 1. The molecule has 0 saturated carbocycles. The summed E-state index contributed by atoms with van der Waals surface area (Å²) >= 11 is 0. The Bertz CT molecular complexity index is 670. The second-order valence-electron chi connectivity index (χ2n) is 6.94. The molecule has 7 heteroatoms. The zero-order chi connectivity index (χ0) is 17.1. The molecule has 0 bridgehead atoms. The molecular weight excluding hydrogens is 320 g/mol. The summed E-state index contributed by atoms with van der Waals surface area (Å²) in [6.07, 6.45) is 11.6. The molecule has 1 aliphatic heterocycles. The molecule has 2 aliphatic carbocycles. The van der Waals surface area contributed by atoms with E-state index in [1.165, 1.54) is 0 Å². The Hall–Kier alpha value is -1.99. The summed E-state index contributed by atoms with van der Waals surface area (Å²) in [6.45, 7) is 1.97. The van der Waals surface area contributed by atoms with Gasteiger partial charge in [0.25, 0.3) is 0 Å². The molecule has 1 unspecified atom stereocenters. The second-order valence-corrected chi connectivity index (χ2v) is 6.94. The maximum Gasteiger partial charge on any atom is 0.321 e. The Morgan fingerprint density at radius 1 is 1.32 bits per heavy atom. The molecule has 0 radical (unpaired) electrons. The minimum atomic E-state index is -0.489. The lowest BCUT2D eigenvalue weighted by Crippen LogP contribution is -2.38. The first-order valence-electron chi connectivity index (χ1n) is 9.05. The molecule has 1 fully saturated rings. The number of ether oxygens (including phenoxy) is 2. The van der Waals surface area contributed by atoms with Gasteiger partial charge in [0.05, 0.1) is 13.2 Å². The standard InChI is InChI=1S/C18H24N4O3/c23-17(20-11-13-4-2-1-3-5-13)22-16-19-12-14-10-18(24-8-9-25-18)7-6-15(14)21-16/h1-2,12-13H,3-11H2,(H2,19,20,21,22,23). The Kier molecular flexibility index (Phi) is 4.67. The Labute approximate surface area is 147 Å².